The molecule has 25 heavy (non-hydrogen) atoms. The number of imide groups is 1. The van der Waals surface area contributed by atoms with Crippen LogP contribution in [0, 0.1) is 5.41 Å². The Morgan fingerprint density at radius 2 is 1.76 bits per heavy atom. The molecule has 0 aliphatic carbocycles. The molecule has 1 aromatic carbocycles. The van der Waals surface area contributed by atoms with E-state index >= 15 is 0 Å². The molecule has 1 heterocycles. The summed E-state index contributed by atoms with van der Waals surface area (Å²) in [4.78, 5) is 38.8. The van der Waals surface area contributed by atoms with Crippen LogP contribution in [0.1, 0.15) is 33.3 Å². The summed E-state index contributed by atoms with van der Waals surface area (Å²) in [6.45, 7) is 6.57. The second kappa shape index (κ2) is 6.15. The fourth-order valence-corrected chi connectivity index (χ4v) is 3.72. The zero-order valence-electron chi connectivity index (χ0n) is 15.0. The second-order valence-corrected chi connectivity index (χ2v) is 7.49. The fraction of sp³-hybridized carbons (Fsp3) is 0.500. The Labute approximate surface area is 147 Å². The summed E-state index contributed by atoms with van der Waals surface area (Å²) < 4.78 is -0.943. The smallest absolute Gasteiger partial charge is 0.479 e. The van der Waals surface area contributed by atoms with Crippen LogP contribution in [0.25, 0.3) is 0 Å². The number of carboxylic acid groups (broad SMARTS) is 2. The van der Waals surface area contributed by atoms with Gasteiger partial charge in [-0.3, -0.25) is 4.90 Å². The zero-order chi connectivity index (χ0) is 19.0. The first-order valence-corrected chi connectivity index (χ1v) is 8.23. The third kappa shape index (κ3) is 2.68. The van der Waals surface area contributed by atoms with Crippen LogP contribution in [-0.4, -0.2) is 56.3 Å². The van der Waals surface area contributed by atoms with E-state index in [0.717, 1.165) is 0 Å². The molecule has 0 bridgehead atoms. The Bertz CT molecular complexity index is 697. The van der Waals surface area contributed by atoms with E-state index in [1.54, 1.807) is 58.0 Å². The second-order valence-electron chi connectivity index (χ2n) is 7.49. The molecule has 7 nitrogen and oxygen atoms in total. The Morgan fingerprint density at radius 1 is 1.20 bits per heavy atom. The number of amides is 3. The summed E-state index contributed by atoms with van der Waals surface area (Å²) in [6.07, 6.45) is -1.33. The number of hydrogen-bond acceptors (Lipinski definition) is 3. The molecular weight excluding hydrogens is 324 g/mol. The lowest BCUT2D eigenvalue weighted by atomic mass is 9.72. The number of likely N-dealkylation sites (N-methyl/N-ethyl adjacent to an activating group) is 1. The largest absolute Gasteiger partial charge is 0.523 e. The molecule has 7 heteroatoms. The van der Waals surface area contributed by atoms with Gasteiger partial charge in [-0.05, 0) is 6.92 Å². The molecule has 2 N–H and O–H groups in total. The van der Waals surface area contributed by atoms with Crippen molar-refractivity contribution in [1.29, 1.82) is 0 Å². The molecule has 0 saturated carbocycles. The maximum Gasteiger partial charge on any atom is 0.523 e. The highest BCUT2D eigenvalue weighted by Gasteiger charge is 2.71. The first kappa shape index (κ1) is 18.9. The molecule has 0 aromatic heterocycles. The van der Waals surface area contributed by atoms with Gasteiger partial charge in [-0.25, -0.2) is 9.59 Å². The maximum absolute atomic E-state index is 13.1. The van der Waals surface area contributed by atoms with Gasteiger partial charge in [0.2, 0.25) is 0 Å². The van der Waals surface area contributed by atoms with E-state index in [-0.39, 0.29) is 19.6 Å². The fourth-order valence-electron chi connectivity index (χ4n) is 3.72. The Kier molecular flexibility index (Phi) is 4.65. The summed E-state index contributed by atoms with van der Waals surface area (Å²) in [5.74, 6) is -1.18. The van der Waals surface area contributed by atoms with Crippen LogP contribution < -0.4 is 0 Å². The third-order valence-electron chi connectivity index (χ3n) is 5.13. The molecule has 2 atom stereocenters. The number of benzene rings is 1. The van der Waals surface area contributed by atoms with Gasteiger partial charge >= 0.3 is 18.1 Å². The Hall–Kier alpha value is -2.41. The van der Waals surface area contributed by atoms with Crippen molar-refractivity contribution >= 4 is 18.1 Å². The van der Waals surface area contributed by atoms with E-state index in [4.69, 9.17) is 0 Å². The van der Waals surface area contributed by atoms with E-state index in [1.165, 1.54) is 4.90 Å². The molecule has 136 valence electrons. The lowest BCUT2D eigenvalue weighted by Gasteiger charge is -2.40. The minimum absolute atomic E-state index is 0.0867. The van der Waals surface area contributed by atoms with Gasteiger partial charge < -0.3 is 10.2 Å². The number of hydrogen-bond donors (Lipinski definition) is 2. The van der Waals surface area contributed by atoms with Crippen molar-refractivity contribution < 1.29 is 29.1 Å². The third-order valence-corrected chi connectivity index (χ3v) is 5.13. The zero-order valence-corrected chi connectivity index (χ0v) is 15.0. The highest BCUT2D eigenvalue weighted by Crippen LogP contribution is 2.45. The van der Waals surface area contributed by atoms with Crippen LogP contribution >= 0.6 is 0 Å². The average Bonchev–Trinajstić information content (AvgIpc) is 2.79. The molecule has 1 saturated heterocycles. The minimum Gasteiger partial charge on any atom is -0.479 e. The van der Waals surface area contributed by atoms with Gasteiger partial charge in [-0.2, -0.15) is 4.79 Å². The van der Waals surface area contributed by atoms with Crippen LogP contribution in [0.2, 0.25) is 0 Å². The lowest BCUT2D eigenvalue weighted by molar-refractivity contribution is -0.784. The molecule has 2 rings (SSSR count). The highest BCUT2D eigenvalue weighted by molar-refractivity contribution is 5.91. The van der Waals surface area contributed by atoms with E-state index in [2.05, 4.69) is 0 Å². The van der Waals surface area contributed by atoms with Gasteiger partial charge in [0.1, 0.15) is 13.1 Å². The van der Waals surface area contributed by atoms with Crippen LogP contribution in [0.15, 0.2) is 30.3 Å². The quantitative estimate of drug-likeness (QED) is 0.815. The molecule has 3 amide bonds. The molecule has 0 spiro atoms. The summed E-state index contributed by atoms with van der Waals surface area (Å²) in [7, 11) is 0. The van der Waals surface area contributed by atoms with E-state index < -0.39 is 33.5 Å². The van der Waals surface area contributed by atoms with Crippen molar-refractivity contribution in [3.63, 3.8) is 0 Å². The monoisotopic (exact) mass is 349 g/mol. The Morgan fingerprint density at radius 3 is 2.12 bits per heavy atom. The van der Waals surface area contributed by atoms with E-state index in [1.807, 2.05) is 0 Å². The molecule has 1 aliphatic rings. The first-order valence-electron chi connectivity index (χ1n) is 8.23. The van der Waals surface area contributed by atoms with Crippen molar-refractivity contribution in [3.8, 4) is 0 Å². The molecular formula is C18H25N2O5+. The lowest BCUT2D eigenvalue weighted by Crippen LogP contribution is -2.62. The summed E-state index contributed by atoms with van der Waals surface area (Å²) in [6, 6.07) is 8.13. The van der Waals surface area contributed by atoms with Gasteiger partial charge in [0.25, 0.3) is 0 Å². The van der Waals surface area contributed by atoms with Gasteiger partial charge in [-0.1, -0.05) is 51.1 Å². The number of rotatable bonds is 4. The van der Waals surface area contributed by atoms with Gasteiger partial charge in [0, 0.05) is 17.5 Å². The van der Waals surface area contributed by atoms with Crippen molar-refractivity contribution in [3.05, 3.63) is 35.9 Å². The van der Waals surface area contributed by atoms with Crippen LogP contribution in [0.4, 0.5) is 9.59 Å². The van der Waals surface area contributed by atoms with Gasteiger partial charge in [0.05, 0.1) is 0 Å². The van der Waals surface area contributed by atoms with Gasteiger partial charge in [-0.15, -0.1) is 4.48 Å². The number of nitrogens with zero attached hydrogens (tertiary/aromatic N) is 2. The van der Waals surface area contributed by atoms with Crippen molar-refractivity contribution in [2.45, 2.75) is 39.8 Å². The predicted octanol–water partition coefficient (Wildman–Crippen LogP) is 3.01. The first-order chi connectivity index (χ1) is 11.5. The van der Waals surface area contributed by atoms with Crippen LogP contribution in [0.3, 0.4) is 0 Å². The number of quaternary nitrogens is 1. The summed E-state index contributed by atoms with van der Waals surface area (Å²) >= 11 is 0. The number of carbonyl (C=O) groups excluding carboxylic acids is 1. The predicted molar refractivity (Wildman–Crippen MR) is 90.9 cm³/mol. The molecule has 0 radical (unpaired) electrons. The normalized spacial score (nSPS) is 26.7. The summed E-state index contributed by atoms with van der Waals surface area (Å²) in [5.41, 5.74) is -1.76. The van der Waals surface area contributed by atoms with Crippen molar-refractivity contribution in [1.82, 2.24) is 4.90 Å². The average molecular weight is 349 g/mol. The Balaban J connectivity index is 2.65. The number of carboxylic acids is 1. The SMILES string of the molecule is CCN1C(=O)[N+](Cc2ccccc2)(C(=O)O)CC1(C(=O)O)C(C)(C)C. The summed E-state index contributed by atoms with van der Waals surface area (Å²) in [5, 5.41) is 19.9. The van der Waals surface area contributed by atoms with Crippen molar-refractivity contribution in [2.75, 3.05) is 13.1 Å². The number of aliphatic carboxylic acids is 1. The van der Waals surface area contributed by atoms with Crippen LogP contribution in [0.5, 0.6) is 0 Å². The topological polar surface area (TPSA) is 94.9 Å². The van der Waals surface area contributed by atoms with Crippen LogP contribution in [-0.2, 0) is 11.3 Å². The van der Waals surface area contributed by atoms with Gasteiger partial charge in [0.15, 0.2) is 5.54 Å². The maximum atomic E-state index is 13.1. The molecule has 1 aliphatic heterocycles. The standard InChI is InChI=1S/C18H24N2O5/c1-5-19-15(23)20(16(24)25,11-13-9-7-6-8-10-13)12-18(19,14(21)22)17(2,3)4/h6-10H,5,11-12H2,1-4H3,(H-,21,22,24,25)/p+1. The number of carbonyl (C=O) groups is 3. The molecule has 1 fully saturated rings. The number of urea groups is 1. The molecule has 2 unspecified atom stereocenters. The van der Waals surface area contributed by atoms with E-state index in [0.29, 0.717) is 5.56 Å². The van der Waals surface area contributed by atoms with Crippen molar-refractivity contribution in [2.24, 2.45) is 5.41 Å². The minimum atomic E-state index is -1.59. The highest BCUT2D eigenvalue weighted by atomic mass is 16.4. The molecule has 1 aromatic rings. The van der Waals surface area contributed by atoms with E-state index in [9.17, 15) is 24.6 Å².